The number of carbonyl (C=O) groups is 1. The van der Waals surface area contributed by atoms with Gasteiger partial charge in [-0.1, -0.05) is 0 Å². The Morgan fingerprint density at radius 3 is 2.79 bits per heavy atom. The van der Waals surface area contributed by atoms with Gasteiger partial charge in [-0.25, -0.2) is 4.98 Å². The van der Waals surface area contributed by atoms with Gasteiger partial charge >= 0.3 is 5.97 Å². The highest BCUT2D eigenvalue weighted by Crippen LogP contribution is 2.34. The molecule has 2 aromatic rings. The molecule has 0 fully saturated rings. The molecule has 1 aliphatic heterocycles. The molecule has 0 saturated heterocycles. The Hall–Kier alpha value is -2.44. The van der Waals surface area contributed by atoms with Crippen LogP contribution >= 0.6 is 0 Å². The number of aromatic amines is 1. The molecule has 3 rings (SSSR count). The number of aliphatic carboxylic acids is 1. The van der Waals surface area contributed by atoms with E-state index in [9.17, 15) is 4.79 Å². The summed E-state index contributed by atoms with van der Waals surface area (Å²) in [6.07, 6.45) is 0. The third-order valence-electron chi connectivity index (χ3n) is 2.87. The van der Waals surface area contributed by atoms with Crippen molar-refractivity contribution >= 4 is 23.0 Å². The fourth-order valence-electron chi connectivity index (χ4n) is 1.99. The first-order chi connectivity index (χ1) is 9.13. The minimum absolute atomic E-state index is 0.119. The summed E-state index contributed by atoms with van der Waals surface area (Å²) in [5.41, 5.74) is 1.51. The summed E-state index contributed by atoms with van der Waals surface area (Å²) < 4.78 is 11.0. The number of hydrogen-bond donors (Lipinski definition) is 2. The van der Waals surface area contributed by atoms with Crippen molar-refractivity contribution in [1.29, 1.82) is 0 Å². The fourth-order valence-corrected chi connectivity index (χ4v) is 1.99. The number of likely N-dealkylation sites (N-methyl/N-ethyl adjacent to an activating group) is 1. The van der Waals surface area contributed by atoms with Crippen LogP contribution in [-0.4, -0.2) is 47.8 Å². The van der Waals surface area contributed by atoms with Gasteiger partial charge in [0, 0.05) is 19.2 Å². The van der Waals surface area contributed by atoms with Gasteiger partial charge in [0.25, 0.3) is 0 Å². The average Bonchev–Trinajstić information content (AvgIpc) is 2.78. The first kappa shape index (κ1) is 11.6. The zero-order valence-electron chi connectivity index (χ0n) is 10.3. The van der Waals surface area contributed by atoms with Gasteiger partial charge in [-0.2, -0.15) is 0 Å². The van der Waals surface area contributed by atoms with E-state index in [0.717, 1.165) is 11.0 Å². The van der Waals surface area contributed by atoms with E-state index in [1.807, 2.05) is 6.07 Å². The minimum Gasteiger partial charge on any atom is -0.486 e. The standard InChI is InChI=1S/C12H13N3O4/c1-15(6-11(16)17)12-13-7-4-9-10(5-8(7)14-12)19-3-2-18-9/h4-5H,2-3,6H2,1H3,(H,13,14)(H,16,17). The van der Waals surface area contributed by atoms with E-state index in [1.54, 1.807) is 13.1 Å². The van der Waals surface area contributed by atoms with Crippen LogP contribution in [-0.2, 0) is 4.79 Å². The topological polar surface area (TPSA) is 87.7 Å². The number of aromatic nitrogens is 2. The third kappa shape index (κ3) is 2.14. The van der Waals surface area contributed by atoms with Gasteiger partial charge in [0.1, 0.15) is 19.8 Å². The Kier molecular flexibility index (Phi) is 2.66. The number of fused-ring (bicyclic) bond motifs is 2. The van der Waals surface area contributed by atoms with Crippen molar-refractivity contribution in [3.63, 3.8) is 0 Å². The number of benzene rings is 1. The monoisotopic (exact) mass is 263 g/mol. The first-order valence-electron chi connectivity index (χ1n) is 5.86. The molecular weight excluding hydrogens is 250 g/mol. The van der Waals surface area contributed by atoms with Gasteiger partial charge in [-0.3, -0.25) is 4.79 Å². The number of carboxylic acid groups (broad SMARTS) is 1. The van der Waals surface area contributed by atoms with Crippen molar-refractivity contribution in [1.82, 2.24) is 9.97 Å². The van der Waals surface area contributed by atoms with Gasteiger partial charge in [0.05, 0.1) is 11.0 Å². The largest absolute Gasteiger partial charge is 0.486 e. The van der Waals surface area contributed by atoms with Gasteiger partial charge in [0.2, 0.25) is 5.95 Å². The lowest BCUT2D eigenvalue weighted by Crippen LogP contribution is -2.25. The molecule has 19 heavy (non-hydrogen) atoms. The lowest BCUT2D eigenvalue weighted by Gasteiger charge is -2.17. The smallest absolute Gasteiger partial charge is 0.323 e. The summed E-state index contributed by atoms with van der Waals surface area (Å²) in [5, 5.41) is 8.77. The highest BCUT2D eigenvalue weighted by atomic mass is 16.6. The molecule has 7 heteroatoms. The predicted molar refractivity (Wildman–Crippen MR) is 68.0 cm³/mol. The second-order valence-electron chi connectivity index (χ2n) is 4.32. The van der Waals surface area contributed by atoms with Gasteiger partial charge in [-0.15, -0.1) is 0 Å². The van der Waals surface area contributed by atoms with Crippen molar-refractivity contribution in [3.8, 4) is 11.5 Å². The molecule has 100 valence electrons. The summed E-state index contributed by atoms with van der Waals surface area (Å²) in [5.74, 6) is 0.932. The number of imidazole rings is 1. The number of anilines is 1. The second-order valence-corrected chi connectivity index (χ2v) is 4.32. The van der Waals surface area contributed by atoms with Crippen LogP contribution in [0.5, 0.6) is 11.5 Å². The normalized spacial score (nSPS) is 13.5. The Bertz CT molecular complexity index is 594. The maximum absolute atomic E-state index is 10.7. The molecule has 7 nitrogen and oxygen atoms in total. The molecule has 1 aromatic heterocycles. The quantitative estimate of drug-likeness (QED) is 0.853. The summed E-state index contributed by atoms with van der Waals surface area (Å²) in [4.78, 5) is 19.6. The van der Waals surface area contributed by atoms with Crippen LogP contribution in [0.4, 0.5) is 5.95 Å². The van der Waals surface area contributed by atoms with Crippen molar-refractivity contribution < 1.29 is 19.4 Å². The molecule has 1 aromatic carbocycles. The van der Waals surface area contributed by atoms with Gasteiger partial charge in [0.15, 0.2) is 11.5 Å². The summed E-state index contributed by atoms with van der Waals surface area (Å²) in [6, 6.07) is 3.60. The van der Waals surface area contributed by atoms with E-state index in [-0.39, 0.29) is 6.54 Å². The van der Waals surface area contributed by atoms with E-state index >= 15 is 0 Å². The highest BCUT2D eigenvalue weighted by molar-refractivity contribution is 5.82. The zero-order valence-corrected chi connectivity index (χ0v) is 10.3. The van der Waals surface area contributed by atoms with Crippen molar-refractivity contribution in [2.45, 2.75) is 0 Å². The number of H-pyrrole nitrogens is 1. The summed E-state index contributed by atoms with van der Waals surface area (Å²) in [6.45, 7) is 0.930. The molecule has 0 radical (unpaired) electrons. The SMILES string of the molecule is CN(CC(=O)O)c1nc2cc3c(cc2[nH]1)OCCO3. The molecule has 2 N–H and O–H groups in total. The molecule has 0 aliphatic carbocycles. The Labute approximate surface area is 108 Å². The van der Waals surface area contributed by atoms with Crippen LogP contribution in [0.15, 0.2) is 12.1 Å². The van der Waals surface area contributed by atoms with E-state index in [2.05, 4.69) is 9.97 Å². The molecule has 1 aliphatic rings. The molecule has 0 bridgehead atoms. The predicted octanol–water partition coefficient (Wildman–Crippen LogP) is 0.855. The van der Waals surface area contributed by atoms with Crippen LogP contribution < -0.4 is 14.4 Å². The Morgan fingerprint density at radius 1 is 1.42 bits per heavy atom. The third-order valence-corrected chi connectivity index (χ3v) is 2.87. The van der Waals surface area contributed by atoms with E-state index in [1.165, 1.54) is 4.90 Å². The molecule has 0 amide bonds. The number of nitrogens with zero attached hydrogens (tertiary/aromatic N) is 2. The molecule has 0 unspecified atom stereocenters. The number of ether oxygens (including phenoxy) is 2. The summed E-state index contributed by atoms with van der Waals surface area (Å²) >= 11 is 0. The molecule has 0 atom stereocenters. The van der Waals surface area contributed by atoms with E-state index in [4.69, 9.17) is 14.6 Å². The van der Waals surface area contributed by atoms with Crippen LogP contribution in [0, 0.1) is 0 Å². The molecular formula is C12H13N3O4. The van der Waals surface area contributed by atoms with Crippen molar-refractivity contribution in [2.75, 3.05) is 31.7 Å². The maximum Gasteiger partial charge on any atom is 0.323 e. The Morgan fingerprint density at radius 2 is 2.11 bits per heavy atom. The maximum atomic E-state index is 10.7. The molecule has 2 heterocycles. The number of hydrogen-bond acceptors (Lipinski definition) is 5. The number of carboxylic acids is 1. The lowest BCUT2D eigenvalue weighted by molar-refractivity contribution is -0.135. The molecule has 0 spiro atoms. The highest BCUT2D eigenvalue weighted by Gasteiger charge is 2.16. The fraction of sp³-hybridized carbons (Fsp3) is 0.333. The van der Waals surface area contributed by atoms with Crippen molar-refractivity contribution in [2.24, 2.45) is 0 Å². The Balaban J connectivity index is 1.98. The summed E-state index contributed by atoms with van der Waals surface area (Å²) in [7, 11) is 1.67. The zero-order chi connectivity index (χ0) is 13.4. The van der Waals surface area contributed by atoms with E-state index in [0.29, 0.717) is 30.7 Å². The minimum atomic E-state index is -0.908. The van der Waals surface area contributed by atoms with Crippen LogP contribution in [0.3, 0.4) is 0 Å². The van der Waals surface area contributed by atoms with Crippen LogP contribution in [0.1, 0.15) is 0 Å². The number of rotatable bonds is 3. The van der Waals surface area contributed by atoms with Crippen LogP contribution in [0.2, 0.25) is 0 Å². The van der Waals surface area contributed by atoms with Crippen LogP contribution in [0.25, 0.3) is 11.0 Å². The lowest BCUT2D eigenvalue weighted by atomic mass is 10.2. The van der Waals surface area contributed by atoms with Gasteiger partial charge in [-0.05, 0) is 0 Å². The second kappa shape index (κ2) is 4.34. The van der Waals surface area contributed by atoms with Gasteiger partial charge < -0.3 is 24.5 Å². The average molecular weight is 263 g/mol. The number of nitrogens with one attached hydrogen (secondary N) is 1. The first-order valence-corrected chi connectivity index (χ1v) is 5.86. The van der Waals surface area contributed by atoms with E-state index < -0.39 is 5.97 Å². The van der Waals surface area contributed by atoms with Crippen molar-refractivity contribution in [3.05, 3.63) is 12.1 Å². The molecule has 0 saturated carbocycles.